The lowest BCUT2D eigenvalue weighted by Crippen LogP contribution is -2.30. The van der Waals surface area contributed by atoms with Crippen LogP contribution < -0.4 is 10.5 Å². The molecule has 1 heterocycles. The van der Waals surface area contributed by atoms with Crippen molar-refractivity contribution in [2.45, 2.75) is 31.8 Å². The fourth-order valence-corrected chi connectivity index (χ4v) is 2.11. The van der Waals surface area contributed by atoms with Gasteiger partial charge in [0.05, 0.1) is 0 Å². The molecule has 1 atom stereocenters. The molecule has 0 aliphatic carbocycles. The van der Waals surface area contributed by atoms with Crippen LogP contribution in [-0.4, -0.2) is 12.1 Å². The van der Waals surface area contributed by atoms with Gasteiger partial charge in [0.25, 0.3) is 0 Å². The van der Waals surface area contributed by atoms with Gasteiger partial charge in [-0.15, -0.1) is 0 Å². The smallest absolute Gasteiger partial charge is 0.165 e. The number of fused-ring (bicyclic) bond motifs is 1. The summed E-state index contributed by atoms with van der Waals surface area (Å²) in [4.78, 5) is 0. The first-order valence-electron chi connectivity index (χ1n) is 5.31. The predicted molar refractivity (Wildman–Crippen MR) is 57.4 cm³/mol. The van der Waals surface area contributed by atoms with Crippen LogP contribution in [0, 0.1) is 5.82 Å². The number of ether oxygens (including phenoxy) is 1. The SMILES string of the molecule is CC1(CCCN)Cc2cccc(F)c2O1. The quantitative estimate of drug-likeness (QED) is 0.828. The maximum Gasteiger partial charge on any atom is 0.165 e. The summed E-state index contributed by atoms with van der Waals surface area (Å²) in [7, 11) is 0. The van der Waals surface area contributed by atoms with Gasteiger partial charge in [0, 0.05) is 12.0 Å². The predicted octanol–water partition coefficient (Wildman–Crippen LogP) is 2.26. The van der Waals surface area contributed by atoms with Gasteiger partial charge in [0.15, 0.2) is 11.6 Å². The summed E-state index contributed by atoms with van der Waals surface area (Å²) >= 11 is 0. The third-order valence-electron chi connectivity index (χ3n) is 2.87. The van der Waals surface area contributed by atoms with E-state index in [1.54, 1.807) is 6.07 Å². The van der Waals surface area contributed by atoms with Crippen molar-refractivity contribution >= 4 is 0 Å². The summed E-state index contributed by atoms with van der Waals surface area (Å²) in [6.45, 7) is 2.67. The molecule has 2 rings (SSSR count). The van der Waals surface area contributed by atoms with Crippen LogP contribution in [0.4, 0.5) is 4.39 Å². The Balaban J connectivity index is 2.17. The molecule has 0 saturated carbocycles. The van der Waals surface area contributed by atoms with Crippen LogP contribution in [0.1, 0.15) is 25.3 Å². The zero-order chi connectivity index (χ0) is 10.9. The standard InChI is InChI=1S/C12H16FNO/c1-12(6-3-7-14)8-9-4-2-5-10(13)11(9)15-12/h2,4-5H,3,6-8,14H2,1H3. The van der Waals surface area contributed by atoms with Crippen molar-refractivity contribution in [3.05, 3.63) is 29.6 Å². The molecule has 0 amide bonds. The van der Waals surface area contributed by atoms with E-state index >= 15 is 0 Å². The maximum atomic E-state index is 13.4. The molecule has 0 bridgehead atoms. The van der Waals surface area contributed by atoms with Gasteiger partial charge in [0.1, 0.15) is 5.60 Å². The summed E-state index contributed by atoms with van der Waals surface area (Å²) in [5.41, 5.74) is 6.16. The number of para-hydroxylation sites is 1. The van der Waals surface area contributed by atoms with E-state index in [9.17, 15) is 4.39 Å². The van der Waals surface area contributed by atoms with E-state index in [1.165, 1.54) is 6.07 Å². The molecule has 0 saturated heterocycles. The van der Waals surface area contributed by atoms with Crippen molar-refractivity contribution in [1.29, 1.82) is 0 Å². The van der Waals surface area contributed by atoms with E-state index < -0.39 is 0 Å². The molecule has 0 spiro atoms. The van der Waals surface area contributed by atoms with Crippen molar-refractivity contribution in [2.75, 3.05) is 6.54 Å². The zero-order valence-electron chi connectivity index (χ0n) is 8.92. The van der Waals surface area contributed by atoms with Crippen molar-refractivity contribution in [2.24, 2.45) is 5.73 Å². The van der Waals surface area contributed by atoms with Crippen LogP contribution in [0.2, 0.25) is 0 Å². The minimum Gasteiger partial charge on any atom is -0.484 e. The highest BCUT2D eigenvalue weighted by molar-refractivity contribution is 5.40. The normalized spacial score (nSPS) is 23.7. The van der Waals surface area contributed by atoms with Crippen LogP contribution in [0.25, 0.3) is 0 Å². The first-order valence-corrected chi connectivity index (χ1v) is 5.31. The molecule has 0 fully saturated rings. The second-order valence-corrected chi connectivity index (χ2v) is 4.35. The Morgan fingerprint density at radius 3 is 3.00 bits per heavy atom. The summed E-state index contributed by atoms with van der Waals surface area (Å²) in [6, 6.07) is 5.09. The largest absolute Gasteiger partial charge is 0.484 e. The molecule has 1 aliphatic heterocycles. The van der Waals surface area contributed by atoms with E-state index in [-0.39, 0.29) is 11.4 Å². The van der Waals surface area contributed by atoms with E-state index in [1.807, 2.05) is 13.0 Å². The lowest BCUT2D eigenvalue weighted by molar-refractivity contribution is 0.0995. The summed E-state index contributed by atoms with van der Waals surface area (Å²) in [5.74, 6) is 0.168. The van der Waals surface area contributed by atoms with Crippen LogP contribution in [0.5, 0.6) is 5.75 Å². The maximum absolute atomic E-state index is 13.4. The minimum absolute atomic E-state index is 0.260. The van der Waals surface area contributed by atoms with Crippen molar-refractivity contribution in [3.63, 3.8) is 0 Å². The third-order valence-corrected chi connectivity index (χ3v) is 2.87. The van der Waals surface area contributed by atoms with Gasteiger partial charge in [-0.25, -0.2) is 4.39 Å². The highest BCUT2D eigenvalue weighted by atomic mass is 19.1. The zero-order valence-corrected chi connectivity index (χ0v) is 8.92. The fourth-order valence-electron chi connectivity index (χ4n) is 2.11. The Bertz CT molecular complexity index is 367. The van der Waals surface area contributed by atoms with Crippen LogP contribution in [0.15, 0.2) is 18.2 Å². The van der Waals surface area contributed by atoms with Crippen molar-refractivity contribution in [1.82, 2.24) is 0 Å². The molecular formula is C12H16FNO. The molecule has 2 N–H and O–H groups in total. The molecule has 1 aromatic carbocycles. The van der Waals surface area contributed by atoms with E-state index in [0.29, 0.717) is 12.3 Å². The highest BCUT2D eigenvalue weighted by Gasteiger charge is 2.35. The summed E-state index contributed by atoms with van der Waals surface area (Å²) < 4.78 is 19.1. The Morgan fingerprint density at radius 2 is 2.33 bits per heavy atom. The van der Waals surface area contributed by atoms with E-state index in [2.05, 4.69) is 0 Å². The minimum atomic E-state index is -0.274. The molecule has 0 aromatic heterocycles. The molecule has 3 heteroatoms. The van der Waals surface area contributed by atoms with Crippen molar-refractivity contribution < 1.29 is 9.13 Å². The molecule has 1 unspecified atom stereocenters. The second-order valence-electron chi connectivity index (χ2n) is 4.35. The molecule has 82 valence electrons. The summed E-state index contributed by atoms with van der Waals surface area (Å²) in [6.07, 6.45) is 2.56. The third kappa shape index (κ3) is 1.97. The van der Waals surface area contributed by atoms with Gasteiger partial charge in [-0.1, -0.05) is 12.1 Å². The average Bonchev–Trinajstić information content (AvgIpc) is 2.54. The van der Waals surface area contributed by atoms with Gasteiger partial charge in [-0.3, -0.25) is 0 Å². The first kappa shape index (κ1) is 10.4. The Hall–Kier alpha value is -1.09. The van der Waals surface area contributed by atoms with Crippen LogP contribution >= 0.6 is 0 Å². The lowest BCUT2D eigenvalue weighted by atomic mass is 9.94. The molecule has 1 aliphatic rings. The topological polar surface area (TPSA) is 35.2 Å². The number of benzene rings is 1. The number of hydrogen-bond donors (Lipinski definition) is 1. The lowest BCUT2D eigenvalue weighted by Gasteiger charge is -2.23. The fraction of sp³-hybridized carbons (Fsp3) is 0.500. The Morgan fingerprint density at radius 1 is 1.53 bits per heavy atom. The van der Waals surface area contributed by atoms with Gasteiger partial charge in [-0.2, -0.15) is 0 Å². The molecule has 15 heavy (non-hydrogen) atoms. The highest BCUT2D eigenvalue weighted by Crippen LogP contribution is 2.38. The Labute approximate surface area is 89.2 Å². The Kier molecular flexibility index (Phi) is 2.65. The monoisotopic (exact) mass is 209 g/mol. The van der Waals surface area contributed by atoms with Gasteiger partial charge in [-0.05, 0) is 32.4 Å². The van der Waals surface area contributed by atoms with E-state index in [4.69, 9.17) is 10.5 Å². The molecule has 1 aromatic rings. The van der Waals surface area contributed by atoms with Crippen LogP contribution in [0.3, 0.4) is 0 Å². The molecule has 0 radical (unpaired) electrons. The number of halogens is 1. The van der Waals surface area contributed by atoms with Gasteiger partial charge in [0.2, 0.25) is 0 Å². The van der Waals surface area contributed by atoms with Crippen LogP contribution in [-0.2, 0) is 6.42 Å². The second kappa shape index (κ2) is 3.81. The average molecular weight is 209 g/mol. The molecule has 2 nitrogen and oxygen atoms in total. The van der Waals surface area contributed by atoms with Gasteiger partial charge >= 0.3 is 0 Å². The number of hydrogen-bond acceptors (Lipinski definition) is 2. The van der Waals surface area contributed by atoms with Crippen molar-refractivity contribution in [3.8, 4) is 5.75 Å². The number of rotatable bonds is 3. The molecular weight excluding hydrogens is 193 g/mol. The first-order chi connectivity index (χ1) is 7.14. The van der Waals surface area contributed by atoms with E-state index in [0.717, 1.165) is 24.8 Å². The van der Waals surface area contributed by atoms with Gasteiger partial charge < -0.3 is 10.5 Å². The number of nitrogens with two attached hydrogens (primary N) is 1. The summed E-state index contributed by atoms with van der Waals surface area (Å²) in [5, 5.41) is 0.